The van der Waals surface area contributed by atoms with Gasteiger partial charge in [-0.2, -0.15) is 0 Å². The van der Waals surface area contributed by atoms with Crippen LogP contribution in [-0.4, -0.2) is 59.5 Å². The molecular weight excluding hydrogens is 448 g/mol. The van der Waals surface area contributed by atoms with Crippen molar-refractivity contribution in [3.63, 3.8) is 0 Å². The van der Waals surface area contributed by atoms with Gasteiger partial charge in [-0.3, -0.25) is 9.59 Å². The van der Waals surface area contributed by atoms with Crippen LogP contribution in [0.15, 0.2) is 54.6 Å². The first-order valence-electron chi connectivity index (χ1n) is 12.5. The average Bonchev–Trinajstić information content (AvgIpc) is 3.61. The maximum absolute atomic E-state index is 13.8. The number of nitrogens with zero attached hydrogens (tertiary/aromatic N) is 2. The number of amides is 1. The quantitative estimate of drug-likeness (QED) is 0.649. The Kier molecular flexibility index (Phi) is 6.43. The first kappa shape index (κ1) is 23.4. The van der Waals surface area contributed by atoms with Crippen LogP contribution in [0.3, 0.4) is 0 Å². The molecule has 2 aromatic rings. The number of carbonyl (C=O) groups is 2. The lowest BCUT2D eigenvalue weighted by Crippen LogP contribution is -2.54. The molecule has 0 bridgehead atoms. The van der Waals surface area contributed by atoms with E-state index in [0.29, 0.717) is 11.4 Å². The van der Waals surface area contributed by atoms with Crippen molar-refractivity contribution in [3.05, 3.63) is 70.7 Å². The largest absolute Gasteiger partial charge is 0.481 e. The summed E-state index contributed by atoms with van der Waals surface area (Å²) in [6, 6.07) is 17.5. The molecule has 0 aromatic heterocycles. The van der Waals surface area contributed by atoms with Gasteiger partial charge in [-0.05, 0) is 80.8 Å². The first-order chi connectivity index (χ1) is 16.5. The Morgan fingerprint density at radius 1 is 0.882 bits per heavy atom. The zero-order valence-corrected chi connectivity index (χ0v) is 20.3. The fraction of sp³-hybridized carbons (Fsp3) is 0.500. The van der Waals surface area contributed by atoms with E-state index in [0.717, 1.165) is 69.5 Å². The Morgan fingerprint density at radius 3 is 2.15 bits per heavy atom. The minimum absolute atomic E-state index is 0.0770. The lowest BCUT2D eigenvalue weighted by Gasteiger charge is -2.44. The summed E-state index contributed by atoms with van der Waals surface area (Å²) in [5, 5.41) is 10.7. The maximum atomic E-state index is 13.8. The second-order valence-electron chi connectivity index (χ2n) is 10.3. The molecule has 34 heavy (non-hydrogen) atoms. The number of hydrogen-bond acceptors (Lipinski definition) is 3. The number of benzene rings is 2. The van der Waals surface area contributed by atoms with E-state index < -0.39 is 16.8 Å². The van der Waals surface area contributed by atoms with Crippen molar-refractivity contribution >= 4 is 23.5 Å². The molecule has 2 saturated heterocycles. The van der Waals surface area contributed by atoms with E-state index in [-0.39, 0.29) is 11.8 Å². The Bertz CT molecular complexity index is 1030. The number of carboxylic acids is 1. The molecule has 6 heteroatoms. The fourth-order valence-electron chi connectivity index (χ4n) is 6.25. The Hall–Kier alpha value is -2.37. The van der Waals surface area contributed by atoms with E-state index in [1.165, 1.54) is 6.42 Å². The van der Waals surface area contributed by atoms with Crippen molar-refractivity contribution in [2.24, 2.45) is 5.92 Å². The molecule has 5 nitrogen and oxygen atoms in total. The van der Waals surface area contributed by atoms with Crippen LogP contribution in [0.5, 0.6) is 0 Å². The smallest absolute Gasteiger partial charge is 0.314 e. The summed E-state index contributed by atoms with van der Waals surface area (Å²) in [5.74, 6) is -0.394. The zero-order chi connectivity index (χ0) is 23.8. The molecule has 3 aliphatic rings. The van der Waals surface area contributed by atoms with Crippen LogP contribution in [0.4, 0.5) is 0 Å². The SMILES string of the molecule is O=C(N1CCCCC1)C1(c2ccccc2)CCN(C[C@@H]2C[C@@]2(C(=O)O)c2ccc(Cl)cc2)CC1. The normalized spacial score (nSPS) is 26.7. The van der Waals surface area contributed by atoms with Crippen molar-refractivity contribution in [3.8, 4) is 0 Å². The number of carbonyl (C=O) groups excluding carboxylic acids is 1. The van der Waals surface area contributed by atoms with Crippen LogP contribution >= 0.6 is 11.6 Å². The molecule has 180 valence electrons. The number of carboxylic acid groups (broad SMARTS) is 1. The van der Waals surface area contributed by atoms with Gasteiger partial charge in [-0.25, -0.2) is 0 Å². The highest BCUT2D eigenvalue weighted by atomic mass is 35.5. The molecule has 2 heterocycles. The number of rotatable bonds is 6. The van der Waals surface area contributed by atoms with Gasteiger partial charge in [0, 0.05) is 24.7 Å². The predicted octanol–water partition coefficient (Wildman–Crippen LogP) is 4.73. The number of aliphatic carboxylic acids is 1. The Balaban J connectivity index is 1.30. The third kappa shape index (κ3) is 4.14. The van der Waals surface area contributed by atoms with Crippen molar-refractivity contribution in [2.45, 2.75) is 49.4 Å². The summed E-state index contributed by atoms with van der Waals surface area (Å²) in [6.45, 7) is 4.09. The molecule has 0 radical (unpaired) electrons. The third-order valence-corrected chi connectivity index (χ3v) is 8.67. The number of likely N-dealkylation sites (tertiary alicyclic amines) is 2. The van der Waals surface area contributed by atoms with E-state index in [2.05, 4.69) is 21.9 Å². The third-order valence-electron chi connectivity index (χ3n) is 8.41. The van der Waals surface area contributed by atoms with E-state index in [4.69, 9.17) is 11.6 Å². The molecule has 2 atom stereocenters. The van der Waals surface area contributed by atoms with Gasteiger partial charge >= 0.3 is 5.97 Å². The number of halogens is 1. The van der Waals surface area contributed by atoms with Gasteiger partial charge in [0.1, 0.15) is 0 Å². The maximum Gasteiger partial charge on any atom is 0.314 e. The molecule has 1 N–H and O–H groups in total. The van der Waals surface area contributed by atoms with Crippen LogP contribution in [0.25, 0.3) is 0 Å². The summed E-state index contributed by atoms with van der Waals surface area (Å²) in [5.41, 5.74) is 0.670. The molecule has 2 aliphatic heterocycles. The summed E-state index contributed by atoms with van der Waals surface area (Å²) in [4.78, 5) is 30.6. The van der Waals surface area contributed by atoms with Crippen LogP contribution < -0.4 is 0 Å². The average molecular weight is 481 g/mol. The summed E-state index contributed by atoms with van der Waals surface area (Å²) in [6.07, 6.45) is 5.59. The molecular formula is C28H33ClN2O3. The van der Waals surface area contributed by atoms with E-state index in [1.807, 2.05) is 30.3 Å². The molecule has 0 unspecified atom stereocenters. The van der Waals surface area contributed by atoms with Gasteiger partial charge < -0.3 is 14.9 Å². The minimum atomic E-state index is -0.817. The molecule has 2 aromatic carbocycles. The van der Waals surface area contributed by atoms with Crippen molar-refractivity contribution < 1.29 is 14.7 Å². The van der Waals surface area contributed by atoms with Crippen LogP contribution in [0.1, 0.15) is 49.7 Å². The second kappa shape index (κ2) is 9.35. The standard InChI is InChI=1S/C28H33ClN2O3/c29-24-11-9-22(10-12-24)28(26(33)34)19-23(28)20-30-17-13-27(14-18-30,21-7-3-1-4-8-21)25(32)31-15-5-2-6-16-31/h1,3-4,7-12,23H,2,5-6,13-20H2,(H,33,34)/t23-,28+/m0/s1. The van der Waals surface area contributed by atoms with E-state index >= 15 is 0 Å². The minimum Gasteiger partial charge on any atom is -0.481 e. The summed E-state index contributed by atoms with van der Waals surface area (Å²) >= 11 is 6.03. The lowest BCUT2D eigenvalue weighted by molar-refractivity contribution is -0.140. The van der Waals surface area contributed by atoms with Crippen molar-refractivity contribution in [1.29, 1.82) is 0 Å². The van der Waals surface area contributed by atoms with E-state index in [1.54, 1.807) is 12.1 Å². The van der Waals surface area contributed by atoms with Crippen molar-refractivity contribution in [1.82, 2.24) is 9.80 Å². The van der Waals surface area contributed by atoms with Crippen LogP contribution in [-0.2, 0) is 20.4 Å². The zero-order valence-electron chi connectivity index (χ0n) is 19.6. The van der Waals surface area contributed by atoms with Crippen LogP contribution in [0.2, 0.25) is 5.02 Å². The highest BCUT2D eigenvalue weighted by molar-refractivity contribution is 6.30. The molecule has 1 amide bonds. The molecule has 3 fully saturated rings. The Morgan fingerprint density at radius 2 is 1.53 bits per heavy atom. The fourth-order valence-corrected chi connectivity index (χ4v) is 6.37. The lowest BCUT2D eigenvalue weighted by atomic mass is 9.71. The molecule has 1 saturated carbocycles. The van der Waals surface area contributed by atoms with Gasteiger partial charge in [0.25, 0.3) is 0 Å². The Labute approximate surface area is 206 Å². The molecule has 5 rings (SSSR count). The summed E-state index contributed by atoms with van der Waals surface area (Å²) in [7, 11) is 0. The first-order valence-corrected chi connectivity index (χ1v) is 12.9. The number of piperidine rings is 2. The topological polar surface area (TPSA) is 60.9 Å². The van der Waals surface area contributed by atoms with Gasteiger partial charge in [0.05, 0.1) is 10.8 Å². The van der Waals surface area contributed by atoms with Crippen molar-refractivity contribution in [2.75, 3.05) is 32.7 Å². The van der Waals surface area contributed by atoms with Gasteiger partial charge in [-0.15, -0.1) is 0 Å². The van der Waals surface area contributed by atoms with Gasteiger partial charge in [-0.1, -0.05) is 54.1 Å². The van der Waals surface area contributed by atoms with Gasteiger partial charge in [0.15, 0.2) is 0 Å². The highest BCUT2D eigenvalue weighted by Gasteiger charge is 2.62. The number of hydrogen-bond donors (Lipinski definition) is 1. The predicted molar refractivity (Wildman–Crippen MR) is 133 cm³/mol. The monoisotopic (exact) mass is 480 g/mol. The van der Waals surface area contributed by atoms with E-state index in [9.17, 15) is 14.7 Å². The van der Waals surface area contributed by atoms with Crippen LogP contribution in [0, 0.1) is 5.92 Å². The molecule has 0 spiro atoms. The molecule has 1 aliphatic carbocycles. The van der Waals surface area contributed by atoms with Gasteiger partial charge in [0.2, 0.25) is 5.91 Å². The summed E-state index contributed by atoms with van der Waals surface area (Å²) < 4.78 is 0. The highest BCUT2D eigenvalue weighted by Crippen LogP contribution is 2.55. The second-order valence-corrected chi connectivity index (χ2v) is 10.7.